The zero-order valence-electron chi connectivity index (χ0n) is 12.6. The Morgan fingerprint density at radius 2 is 2.17 bits per heavy atom. The molecule has 3 heterocycles. The molecule has 6 nitrogen and oxygen atoms in total. The van der Waals surface area contributed by atoms with Gasteiger partial charge < -0.3 is 14.6 Å². The third-order valence-corrected chi connectivity index (χ3v) is 5.10. The number of rotatable bonds is 1. The molecule has 1 spiro atoms. The monoisotopic (exact) mass is 331 g/mol. The molecule has 0 radical (unpaired) electrons. The summed E-state index contributed by atoms with van der Waals surface area (Å²) in [4.78, 5) is 32.0. The lowest BCUT2D eigenvalue weighted by Gasteiger charge is -2.22. The van der Waals surface area contributed by atoms with Gasteiger partial charge in [-0.3, -0.25) is 14.6 Å². The van der Waals surface area contributed by atoms with Crippen molar-refractivity contribution in [3.05, 3.63) is 38.9 Å². The molecule has 2 aliphatic rings. The van der Waals surface area contributed by atoms with Gasteiger partial charge in [0.25, 0.3) is 11.5 Å². The highest BCUT2D eigenvalue weighted by Crippen LogP contribution is 2.38. The van der Waals surface area contributed by atoms with Gasteiger partial charge in [0.1, 0.15) is 0 Å². The second-order valence-electron chi connectivity index (χ2n) is 6.45. The minimum atomic E-state index is -0.244. The van der Waals surface area contributed by atoms with Gasteiger partial charge >= 0.3 is 0 Å². The Morgan fingerprint density at radius 3 is 2.96 bits per heavy atom. The van der Waals surface area contributed by atoms with Gasteiger partial charge in [-0.1, -0.05) is 0 Å². The summed E-state index contributed by atoms with van der Waals surface area (Å²) >= 11 is 4.99. The molecule has 2 fully saturated rings. The highest BCUT2D eigenvalue weighted by atomic mass is 32.1. The predicted octanol–water partition coefficient (Wildman–Crippen LogP) is 1.84. The number of carbonyl (C=O) groups is 1. The molecular formula is C16H17N3O3S. The third kappa shape index (κ3) is 2.49. The van der Waals surface area contributed by atoms with E-state index in [2.05, 4.69) is 9.97 Å². The van der Waals surface area contributed by atoms with E-state index in [1.54, 1.807) is 18.2 Å². The highest BCUT2D eigenvalue weighted by molar-refractivity contribution is 7.71. The summed E-state index contributed by atoms with van der Waals surface area (Å²) in [5.74, 6) is -0.00437. The third-order valence-electron chi connectivity index (χ3n) is 4.90. The molecule has 1 aromatic heterocycles. The van der Waals surface area contributed by atoms with Crippen LogP contribution in [0.4, 0.5) is 0 Å². The molecule has 2 saturated heterocycles. The lowest BCUT2D eigenvalue weighted by atomic mass is 9.87. The Bertz CT molecular complexity index is 895. The molecule has 0 bridgehead atoms. The van der Waals surface area contributed by atoms with Crippen molar-refractivity contribution in [3.8, 4) is 0 Å². The van der Waals surface area contributed by atoms with Crippen molar-refractivity contribution in [3.63, 3.8) is 0 Å². The van der Waals surface area contributed by atoms with Crippen LogP contribution in [-0.2, 0) is 4.74 Å². The van der Waals surface area contributed by atoms with Crippen LogP contribution in [0.1, 0.15) is 23.2 Å². The number of aromatic amines is 2. The fraction of sp³-hybridized carbons (Fsp3) is 0.438. The first-order valence-electron chi connectivity index (χ1n) is 7.70. The molecular weight excluding hydrogens is 314 g/mol. The first-order valence-corrected chi connectivity index (χ1v) is 8.11. The maximum atomic E-state index is 12.8. The fourth-order valence-electron chi connectivity index (χ4n) is 3.57. The van der Waals surface area contributed by atoms with Crippen molar-refractivity contribution in [1.29, 1.82) is 0 Å². The average molecular weight is 331 g/mol. The van der Waals surface area contributed by atoms with Gasteiger partial charge in [0.2, 0.25) is 0 Å². The molecule has 1 atom stereocenters. The van der Waals surface area contributed by atoms with Crippen LogP contribution < -0.4 is 5.56 Å². The zero-order valence-corrected chi connectivity index (χ0v) is 13.4. The number of hydrogen-bond donors (Lipinski definition) is 2. The number of carbonyl (C=O) groups excluding carboxylic acids is 1. The Labute approximate surface area is 137 Å². The quantitative estimate of drug-likeness (QED) is 0.782. The van der Waals surface area contributed by atoms with Crippen LogP contribution in [0.5, 0.6) is 0 Å². The number of amides is 1. The summed E-state index contributed by atoms with van der Waals surface area (Å²) in [6.07, 6.45) is 2.02. The van der Waals surface area contributed by atoms with Crippen molar-refractivity contribution in [2.75, 3.05) is 26.3 Å². The van der Waals surface area contributed by atoms with Crippen LogP contribution in [0.15, 0.2) is 23.0 Å². The molecule has 2 aliphatic heterocycles. The number of H-pyrrole nitrogens is 2. The number of ether oxygens (including phenoxy) is 1. The van der Waals surface area contributed by atoms with Crippen molar-refractivity contribution in [2.24, 2.45) is 5.41 Å². The molecule has 7 heteroatoms. The summed E-state index contributed by atoms with van der Waals surface area (Å²) in [6, 6.07) is 5.07. The van der Waals surface area contributed by atoms with Gasteiger partial charge in [-0.15, -0.1) is 0 Å². The van der Waals surface area contributed by atoms with Crippen LogP contribution in [0, 0.1) is 10.2 Å². The Balaban J connectivity index is 1.65. The summed E-state index contributed by atoms with van der Waals surface area (Å²) in [5, 5.41) is 0.497. The molecule has 120 valence electrons. The minimum Gasteiger partial charge on any atom is -0.381 e. The van der Waals surface area contributed by atoms with E-state index in [0.717, 1.165) is 39.1 Å². The van der Waals surface area contributed by atoms with E-state index in [9.17, 15) is 9.59 Å². The fourth-order valence-corrected chi connectivity index (χ4v) is 3.77. The molecule has 0 aliphatic carbocycles. The largest absolute Gasteiger partial charge is 0.381 e. The molecule has 23 heavy (non-hydrogen) atoms. The van der Waals surface area contributed by atoms with Crippen LogP contribution in [0.3, 0.4) is 0 Å². The number of nitrogens with one attached hydrogen (secondary N) is 2. The molecule has 1 aromatic carbocycles. The maximum Gasteiger partial charge on any atom is 0.259 e. The number of fused-ring (bicyclic) bond motifs is 1. The molecule has 2 aromatic rings. The highest BCUT2D eigenvalue weighted by Gasteiger charge is 2.42. The van der Waals surface area contributed by atoms with Gasteiger partial charge in [-0.05, 0) is 43.3 Å². The van der Waals surface area contributed by atoms with E-state index in [1.807, 2.05) is 4.90 Å². The summed E-state index contributed by atoms with van der Waals surface area (Å²) in [7, 11) is 0. The topological polar surface area (TPSA) is 78.2 Å². The number of aromatic nitrogens is 2. The van der Waals surface area contributed by atoms with E-state index in [0.29, 0.717) is 16.5 Å². The number of benzene rings is 1. The van der Waals surface area contributed by atoms with Crippen molar-refractivity contribution >= 4 is 29.0 Å². The van der Waals surface area contributed by atoms with Crippen LogP contribution in [0.25, 0.3) is 10.9 Å². The summed E-state index contributed by atoms with van der Waals surface area (Å²) in [5.41, 5.74) is 1.06. The molecule has 2 N–H and O–H groups in total. The molecule has 0 unspecified atom stereocenters. The standard InChI is InChI=1S/C16H17N3O3S/c20-13-11-2-1-10(7-12(11)17-15(23)18-13)14(21)19-5-3-16(8-19)4-6-22-9-16/h1-2,7H,3-6,8-9H2,(H2,17,18,20,23)/t16-/m1/s1. The minimum absolute atomic E-state index is 0.00437. The van der Waals surface area contributed by atoms with E-state index in [1.165, 1.54) is 0 Å². The normalized spacial score (nSPS) is 23.9. The summed E-state index contributed by atoms with van der Waals surface area (Å²) in [6.45, 7) is 3.04. The van der Waals surface area contributed by atoms with Crippen LogP contribution in [-0.4, -0.2) is 47.1 Å². The first-order chi connectivity index (χ1) is 11.1. The zero-order chi connectivity index (χ0) is 16.0. The van der Waals surface area contributed by atoms with Crippen LogP contribution in [0.2, 0.25) is 0 Å². The molecule has 1 amide bonds. The van der Waals surface area contributed by atoms with E-state index in [-0.39, 0.29) is 21.7 Å². The lowest BCUT2D eigenvalue weighted by Crippen LogP contribution is -2.32. The number of hydrogen-bond acceptors (Lipinski definition) is 4. The second-order valence-corrected chi connectivity index (χ2v) is 6.86. The van der Waals surface area contributed by atoms with Gasteiger partial charge in [0, 0.05) is 30.7 Å². The summed E-state index contributed by atoms with van der Waals surface area (Å²) < 4.78 is 5.77. The number of nitrogens with zero attached hydrogens (tertiary/aromatic N) is 1. The SMILES string of the molecule is O=C(c1ccc2c(=O)[nH]c(=S)[nH]c2c1)N1CC[C@@]2(CCOC2)C1. The maximum absolute atomic E-state index is 12.8. The van der Waals surface area contributed by atoms with E-state index in [4.69, 9.17) is 17.0 Å². The lowest BCUT2D eigenvalue weighted by molar-refractivity contribution is 0.0766. The van der Waals surface area contributed by atoms with Gasteiger partial charge in [-0.2, -0.15) is 0 Å². The van der Waals surface area contributed by atoms with Gasteiger partial charge in [0.05, 0.1) is 17.5 Å². The van der Waals surface area contributed by atoms with E-state index >= 15 is 0 Å². The average Bonchev–Trinajstić information content (AvgIpc) is 3.16. The Kier molecular flexibility index (Phi) is 3.35. The van der Waals surface area contributed by atoms with Crippen LogP contribution >= 0.6 is 12.2 Å². The smallest absolute Gasteiger partial charge is 0.259 e. The first kappa shape index (κ1) is 14.6. The number of likely N-dealkylation sites (tertiary alicyclic amines) is 1. The van der Waals surface area contributed by atoms with Crippen molar-refractivity contribution in [2.45, 2.75) is 12.8 Å². The van der Waals surface area contributed by atoms with Gasteiger partial charge in [-0.25, -0.2) is 0 Å². The van der Waals surface area contributed by atoms with E-state index < -0.39 is 0 Å². The Hall–Kier alpha value is -1.99. The van der Waals surface area contributed by atoms with Gasteiger partial charge in [0.15, 0.2) is 4.77 Å². The van der Waals surface area contributed by atoms with Crippen molar-refractivity contribution in [1.82, 2.24) is 14.9 Å². The Morgan fingerprint density at radius 1 is 1.30 bits per heavy atom. The molecule has 4 rings (SSSR count). The second kappa shape index (κ2) is 5.28. The predicted molar refractivity (Wildman–Crippen MR) is 88.1 cm³/mol. The molecule has 0 saturated carbocycles. The van der Waals surface area contributed by atoms with Crippen molar-refractivity contribution < 1.29 is 9.53 Å².